The van der Waals surface area contributed by atoms with E-state index in [1.807, 2.05) is 25.7 Å². The number of fused-ring (bicyclic) bond motifs is 1. The van der Waals surface area contributed by atoms with Gasteiger partial charge in [0.15, 0.2) is 5.81 Å². The van der Waals surface area contributed by atoms with E-state index in [2.05, 4.69) is 16.0 Å². The van der Waals surface area contributed by atoms with Gasteiger partial charge in [0.25, 0.3) is 0 Å². The molecule has 1 heterocycles. The van der Waals surface area contributed by atoms with Gasteiger partial charge < -0.3 is 20.9 Å². The summed E-state index contributed by atoms with van der Waals surface area (Å²) in [5.41, 5.74) is -0.402. The van der Waals surface area contributed by atoms with Crippen LogP contribution in [0, 0.1) is 11.3 Å². The third kappa shape index (κ3) is 4.39. The molecule has 5 atom stereocenters. The minimum atomic E-state index is -0.594. The van der Waals surface area contributed by atoms with Crippen molar-refractivity contribution in [1.29, 1.82) is 0 Å². The highest BCUT2D eigenvalue weighted by Gasteiger charge is 2.49. The van der Waals surface area contributed by atoms with Crippen LogP contribution in [0.5, 0.6) is 0 Å². The average Bonchev–Trinajstić information content (AvgIpc) is 3.12. The van der Waals surface area contributed by atoms with Gasteiger partial charge in [0.05, 0.1) is 12.1 Å². The first kappa shape index (κ1) is 20.7. The van der Waals surface area contributed by atoms with Crippen LogP contribution in [-0.2, 0) is 9.59 Å². The van der Waals surface area contributed by atoms with Gasteiger partial charge in [-0.25, -0.2) is 0 Å². The van der Waals surface area contributed by atoms with Crippen LogP contribution in [-0.4, -0.2) is 68.1 Å². The smallest absolute Gasteiger partial charge is 0.246 e. The molecule has 26 heavy (non-hydrogen) atoms. The number of hydrogen-bond donors (Lipinski definition) is 3. The molecule has 1 aliphatic carbocycles. The van der Waals surface area contributed by atoms with Crippen molar-refractivity contribution < 1.29 is 14.4 Å². The Kier molecular flexibility index (Phi) is 6.37. The second-order valence-electron chi connectivity index (χ2n) is 8.77. The van der Waals surface area contributed by atoms with Crippen molar-refractivity contribution >= 4 is 25.5 Å². The first-order valence-electron chi connectivity index (χ1n) is 9.61. The van der Waals surface area contributed by atoms with Crippen LogP contribution in [0.25, 0.3) is 0 Å². The van der Waals surface area contributed by atoms with Crippen molar-refractivity contribution in [2.24, 2.45) is 11.3 Å². The summed E-state index contributed by atoms with van der Waals surface area (Å²) in [5.74, 6) is 0.155. The molecule has 3 amide bonds. The van der Waals surface area contributed by atoms with Crippen LogP contribution in [0.1, 0.15) is 47.0 Å². The summed E-state index contributed by atoms with van der Waals surface area (Å²) in [4.78, 5) is 39.2. The van der Waals surface area contributed by atoms with Crippen molar-refractivity contribution in [3.63, 3.8) is 0 Å². The Morgan fingerprint density at radius 3 is 2.35 bits per heavy atom. The Morgan fingerprint density at radius 1 is 1.15 bits per heavy atom. The predicted molar refractivity (Wildman–Crippen MR) is 104 cm³/mol. The fourth-order valence-corrected chi connectivity index (χ4v) is 4.19. The lowest BCUT2D eigenvalue weighted by atomic mass is 9.85. The molecule has 2 aliphatic rings. The Bertz CT molecular complexity index is 563. The molecule has 0 aromatic rings. The van der Waals surface area contributed by atoms with Crippen LogP contribution < -0.4 is 16.0 Å². The summed E-state index contributed by atoms with van der Waals surface area (Å²) in [6, 6.07) is -0.910. The van der Waals surface area contributed by atoms with Gasteiger partial charge in [0.1, 0.15) is 6.04 Å². The van der Waals surface area contributed by atoms with E-state index in [0.717, 1.165) is 19.3 Å². The minimum absolute atomic E-state index is 0.0106. The van der Waals surface area contributed by atoms with Crippen LogP contribution in [0.4, 0.5) is 4.79 Å². The Morgan fingerprint density at radius 2 is 1.81 bits per heavy atom. The molecule has 0 bridgehead atoms. The lowest BCUT2D eigenvalue weighted by Gasteiger charge is -2.37. The maximum atomic E-state index is 13.4. The summed E-state index contributed by atoms with van der Waals surface area (Å²) < 4.78 is 0. The zero-order valence-electron chi connectivity index (χ0n) is 16.9. The summed E-state index contributed by atoms with van der Waals surface area (Å²) in [5, 5.41) is 8.86. The number of carbonyl (C=O) groups excluding carboxylic acids is 3. The number of nitrogens with zero attached hydrogens (tertiary/aromatic N) is 1. The van der Waals surface area contributed by atoms with E-state index < -0.39 is 11.5 Å². The molecule has 7 nitrogen and oxygen atoms in total. The Labute approximate surface area is 157 Å². The molecule has 1 saturated heterocycles. The Hall–Kier alpha value is -1.57. The number of nitrogens with one attached hydrogen (secondary N) is 3. The molecule has 1 saturated carbocycles. The van der Waals surface area contributed by atoms with Crippen molar-refractivity contribution in [1.82, 2.24) is 20.9 Å². The SMILES string of the molecule is BC(=O)NC1CC[C@@H]2CCN(C(=O)C(NC(=O)[C@H](C)NC)C(C)(C)C)[C@H]12. The molecular formula is C18H33BN4O3. The summed E-state index contributed by atoms with van der Waals surface area (Å²) in [6.07, 6.45) is 2.90. The second kappa shape index (κ2) is 7.98. The van der Waals surface area contributed by atoms with Gasteiger partial charge >= 0.3 is 0 Å². The second-order valence-corrected chi connectivity index (χ2v) is 8.77. The first-order valence-corrected chi connectivity index (χ1v) is 9.61. The lowest BCUT2D eigenvalue weighted by Crippen LogP contribution is -2.60. The number of amides is 3. The summed E-state index contributed by atoms with van der Waals surface area (Å²) in [6.45, 7) is 8.36. The number of likely N-dealkylation sites (tertiary alicyclic amines) is 1. The van der Waals surface area contributed by atoms with Crippen LogP contribution in [0.3, 0.4) is 0 Å². The van der Waals surface area contributed by atoms with Crippen molar-refractivity contribution in [3.8, 4) is 0 Å². The monoisotopic (exact) mass is 364 g/mol. The highest BCUT2D eigenvalue weighted by Crippen LogP contribution is 2.39. The van der Waals surface area contributed by atoms with Gasteiger partial charge in [-0.2, -0.15) is 0 Å². The fraction of sp³-hybridized carbons (Fsp3) is 0.833. The molecule has 0 radical (unpaired) electrons. The number of likely N-dealkylation sites (N-methyl/N-ethyl adjacent to an activating group) is 1. The maximum absolute atomic E-state index is 13.4. The normalized spacial score (nSPS) is 27.6. The van der Waals surface area contributed by atoms with E-state index in [4.69, 9.17) is 0 Å². The highest BCUT2D eigenvalue weighted by atomic mass is 16.2. The molecule has 2 fully saturated rings. The molecule has 3 N–H and O–H groups in total. The minimum Gasteiger partial charge on any atom is -0.361 e. The van der Waals surface area contributed by atoms with Gasteiger partial charge in [0, 0.05) is 12.6 Å². The van der Waals surface area contributed by atoms with Crippen LogP contribution >= 0.6 is 0 Å². The summed E-state index contributed by atoms with van der Waals surface area (Å²) in [7, 11) is 3.24. The number of hydrogen-bond acceptors (Lipinski definition) is 4. The predicted octanol–water partition coefficient (Wildman–Crippen LogP) is -0.153. The van der Waals surface area contributed by atoms with Crippen molar-refractivity contribution in [2.75, 3.05) is 13.6 Å². The molecular weight excluding hydrogens is 331 g/mol. The quantitative estimate of drug-likeness (QED) is 0.592. The van der Waals surface area contributed by atoms with Crippen molar-refractivity contribution in [2.45, 2.75) is 71.1 Å². The van der Waals surface area contributed by atoms with E-state index in [1.165, 1.54) is 7.85 Å². The third-order valence-electron chi connectivity index (χ3n) is 5.74. The van der Waals surface area contributed by atoms with E-state index in [-0.39, 0.29) is 35.7 Å². The first-order chi connectivity index (χ1) is 12.1. The van der Waals surface area contributed by atoms with Gasteiger partial charge in [-0.15, -0.1) is 0 Å². The fourth-order valence-electron chi connectivity index (χ4n) is 4.19. The maximum Gasteiger partial charge on any atom is 0.246 e. The van der Waals surface area contributed by atoms with Gasteiger partial charge in [-0.05, 0) is 44.6 Å². The van der Waals surface area contributed by atoms with E-state index in [0.29, 0.717) is 12.5 Å². The topological polar surface area (TPSA) is 90.5 Å². The van der Waals surface area contributed by atoms with E-state index in [9.17, 15) is 14.4 Å². The average molecular weight is 364 g/mol. The van der Waals surface area contributed by atoms with Gasteiger partial charge in [-0.1, -0.05) is 20.8 Å². The zero-order valence-corrected chi connectivity index (χ0v) is 16.9. The van der Waals surface area contributed by atoms with Crippen LogP contribution in [0.15, 0.2) is 0 Å². The molecule has 2 rings (SSSR count). The summed E-state index contributed by atoms with van der Waals surface area (Å²) >= 11 is 0. The number of carbonyl (C=O) groups is 3. The third-order valence-corrected chi connectivity index (χ3v) is 5.74. The largest absolute Gasteiger partial charge is 0.361 e. The van der Waals surface area contributed by atoms with Crippen LogP contribution in [0.2, 0.25) is 0 Å². The lowest BCUT2D eigenvalue weighted by molar-refractivity contribution is -0.141. The Balaban J connectivity index is 2.19. The van der Waals surface area contributed by atoms with Gasteiger partial charge in [-0.3, -0.25) is 14.4 Å². The molecule has 2 unspecified atom stereocenters. The van der Waals surface area contributed by atoms with Crippen molar-refractivity contribution in [3.05, 3.63) is 0 Å². The molecule has 0 spiro atoms. The number of rotatable bonds is 5. The molecule has 1 aliphatic heterocycles. The highest BCUT2D eigenvalue weighted by molar-refractivity contribution is 6.57. The zero-order chi connectivity index (χ0) is 19.6. The van der Waals surface area contributed by atoms with Gasteiger partial charge in [0.2, 0.25) is 19.7 Å². The molecule has 0 aromatic heterocycles. The molecule has 146 valence electrons. The molecule has 0 aromatic carbocycles. The van der Waals surface area contributed by atoms with E-state index in [1.54, 1.807) is 14.0 Å². The van der Waals surface area contributed by atoms with E-state index >= 15 is 0 Å². The molecule has 8 heteroatoms. The standard InChI is InChI=1S/C18H33BN4O3/c1-10(20-5)15(24)22-14(18(2,3)4)16(25)23-9-8-11-6-7-12(13(11)23)21-17(19)26/h10-14,20H,6-9,19H2,1-5H3,(H,21,26)(H,22,24)/t10-,11+,12?,13-,14?/m0/s1.